The van der Waals surface area contributed by atoms with Gasteiger partial charge in [-0.25, -0.2) is 0 Å². The van der Waals surface area contributed by atoms with Gasteiger partial charge in [-0.3, -0.25) is 4.79 Å². The van der Waals surface area contributed by atoms with E-state index in [2.05, 4.69) is 10.2 Å². The first-order valence-electron chi connectivity index (χ1n) is 7.67. The first kappa shape index (κ1) is 17.2. The highest BCUT2D eigenvalue weighted by atomic mass is 19.4. The van der Waals surface area contributed by atoms with Crippen LogP contribution in [0.4, 0.5) is 13.2 Å². The summed E-state index contributed by atoms with van der Waals surface area (Å²) in [7, 11) is 1.34. The average Bonchev–Trinajstić information content (AvgIpc) is 3.01. The van der Waals surface area contributed by atoms with E-state index < -0.39 is 11.7 Å². The Morgan fingerprint density at radius 3 is 2.88 bits per heavy atom. The maximum Gasteiger partial charge on any atom is 0.416 e. The number of aromatic nitrogens is 3. The number of hydrogen-bond acceptors (Lipinski definition) is 5. The van der Waals surface area contributed by atoms with Crippen LogP contribution in [0.15, 0.2) is 24.3 Å². The maximum atomic E-state index is 12.7. The van der Waals surface area contributed by atoms with Crippen LogP contribution in [-0.2, 0) is 35.3 Å². The van der Waals surface area contributed by atoms with Crippen LogP contribution in [0.2, 0.25) is 0 Å². The van der Waals surface area contributed by atoms with E-state index in [1.54, 1.807) is 0 Å². The van der Waals surface area contributed by atoms with Gasteiger partial charge in [0.15, 0.2) is 5.82 Å². The van der Waals surface area contributed by atoms with Crippen LogP contribution in [0.5, 0.6) is 5.75 Å². The summed E-state index contributed by atoms with van der Waals surface area (Å²) in [5.41, 5.74) is -0.769. The van der Waals surface area contributed by atoms with E-state index in [1.807, 2.05) is 4.57 Å². The minimum atomic E-state index is -4.42. The standard InChI is InChI=1S/C16H16F3N3O3/c1-24-15(23)10-5-6-22-13(7-10)20-21-14(22)9-25-12-4-2-3-11(8-12)16(17,18)19/h2-4,8,10H,5-7,9H2,1H3. The first-order chi connectivity index (χ1) is 11.9. The third kappa shape index (κ3) is 3.75. The molecular formula is C16H16F3N3O3. The molecule has 1 aliphatic rings. The van der Waals surface area contributed by atoms with Gasteiger partial charge >= 0.3 is 12.1 Å². The normalized spacial score (nSPS) is 17.0. The second-order valence-electron chi connectivity index (χ2n) is 5.71. The number of carbonyl (C=O) groups excluding carboxylic acids is 1. The fourth-order valence-corrected chi connectivity index (χ4v) is 2.77. The summed E-state index contributed by atoms with van der Waals surface area (Å²) < 4.78 is 50.2. The van der Waals surface area contributed by atoms with Gasteiger partial charge in [-0.2, -0.15) is 13.2 Å². The smallest absolute Gasteiger partial charge is 0.416 e. The quantitative estimate of drug-likeness (QED) is 0.789. The highest BCUT2D eigenvalue weighted by molar-refractivity contribution is 5.72. The zero-order valence-electron chi connectivity index (χ0n) is 13.4. The molecule has 2 aromatic rings. The monoisotopic (exact) mass is 355 g/mol. The third-order valence-corrected chi connectivity index (χ3v) is 4.10. The highest BCUT2D eigenvalue weighted by Gasteiger charge is 2.31. The minimum Gasteiger partial charge on any atom is -0.486 e. The zero-order valence-corrected chi connectivity index (χ0v) is 13.4. The lowest BCUT2D eigenvalue weighted by Gasteiger charge is -2.21. The molecule has 1 unspecified atom stereocenters. The predicted molar refractivity (Wildman–Crippen MR) is 79.6 cm³/mol. The minimum absolute atomic E-state index is 0.00278. The Bertz CT molecular complexity index is 773. The van der Waals surface area contributed by atoms with Crippen molar-refractivity contribution < 1.29 is 27.4 Å². The molecule has 1 aliphatic heterocycles. The molecule has 0 fully saturated rings. The van der Waals surface area contributed by atoms with E-state index in [0.717, 1.165) is 12.1 Å². The molecule has 9 heteroatoms. The Kier molecular flexibility index (Phi) is 4.65. The summed E-state index contributed by atoms with van der Waals surface area (Å²) in [6.07, 6.45) is -3.41. The largest absolute Gasteiger partial charge is 0.486 e. The van der Waals surface area contributed by atoms with Crippen LogP contribution in [0.25, 0.3) is 0 Å². The Labute approximate surface area is 141 Å². The van der Waals surface area contributed by atoms with Gasteiger partial charge in [-0.15, -0.1) is 10.2 Å². The third-order valence-electron chi connectivity index (χ3n) is 4.10. The molecule has 0 radical (unpaired) electrons. The van der Waals surface area contributed by atoms with Crippen LogP contribution >= 0.6 is 0 Å². The van der Waals surface area contributed by atoms with Gasteiger partial charge in [0.1, 0.15) is 18.2 Å². The van der Waals surface area contributed by atoms with E-state index >= 15 is 0 Å². The summed E-state index contributed by atoms with van der Waals surface area (Å²) >= 11 is 0. The number of halogens is 3. The molecule has 1 atom stereocenters. The molecule has 3 rings (SSSR count). The average molecular weight is 355 g/mol. The van der Waals surface area contributed by atoms with Crippen molar-refractivity contribution in [3.63, 3.8) is 0 Å². The molecule has 0 amide bonds. The molecule has 0 N–H and O–H groups in total. The van der Waals surface area contributed by atoms with E-state index in [4.69, 9.17) is 9.47 Å². The number of methoxy groups -OCH3 is 1. The number of ether oxygens (including phenoxy) is 2. The molecule has 0 saturated carbocycles. The SMILES string of the molecule is COC(=O)C1CCn2c(COc3cccc(C(F)(F)F)c3)nnc2C1. The molecule has 6 nitrogen and oxygen atoms in total. The second kappa shape index (κ2) is 6.73. The van der Waals surface area contributed by atoms with Crippen molar-refractivity contribution in [3.05, 3.63) is 41.5 Å². The lowest BCUT2D eigenvalue weighted by Crippen LogP contribution is -2.27. The summed E-state index contributed by atoms with van der Waals surface area (Å²) in [4.78, 5) is 11.6. The fourth-order valence-electron chi connectivity index (χ4n) is 2.77. The molecular weight excluding hydrogens is 339 g/mol. The summed E-state index contributed by atoms with van der Waals surface area (Å²) in [5, 5.41) is 8.06. The summed E-state index contributed by atoms with van der Waals surface area (Å²) in [6, 6.07) is 4.67. The number of benzene rings is 1. The van der Waals surface area contributed by atoms with Crippen LogP contribution in [0, 0.1) is 5.92 Å². The van der Waals surface area contributed by atoms with E-state index in [1.165, 1.54) is 19.2 Å². The number of esters is 1. The van der Waals surface area contributed by atoms with Gasteiger partial charge in [0.2, 0.25) is 0 Å². The highest BCUT2D eigenvalue weighted by Crippen LogP contribution is 2.31. The molecule has 1 aromatic heterocycles. The molecule has 134 valence electrons. The Morgan fingerprint density at radius 2 is 2.16 bits per heavy atom. The predicted octanol–water partition coefficient (Wildman–Crippen LogP) is 2.61. The van der Waals surface area contributed by atoms with Gasteiger partial charge in [0, 0.05) is 13.0 Å². The van der Waals surface area contributed by atoms with Crippen molar-refractivity contribution in [2.75, 3.05) is 7.11 Å². The number of rotatable bonds is 4. The fraction of sp³-hybridized carbons (Fsp3) is 0.438. The van der Waals surface area contributed by atoms with Gasteiger partial charge in [-0.05, 0) is 24.6 Å². The van der Waals surface area contributed by atoms with Crippen LogP contribution in [-0.4, -0.2) is 27.8 Å². The second-order valence-corrected chi connectivity index (χ2v) is 5.71. The molecule has 0 aliphatic carbocycles. The van der Waals surface area contributed by atoms with Crippen LogP contribution in [0.3, 0.4) is 0 Å². The number of alkyl halides is 3. The molecule has 0 bridgehead atoms. The van der Waals surface area contributed by atoms with E-state index in [-0.39, 0.29) is 24.2 Å². The van der Waals surface area contributed by atoms with Crippen LogP contribution in [0.1, 0.15) is 23.6 Å². The van der Waals surface area contributed by atoms with Gasteiger partial charge < -0.3 is 14.0 Å². The number of hydrogen-bond donors (Lipinski definition) is 0. The van der Waals surface area contributed by atoms with Gasteiger partial charge in [-0.1, -0.05) is 6.07 Å². The van der Waals surface area contributed by atoms with Crippen LogP contribution < -0.4 is 4.74 Å². The molecule has 1 aromatic carbocycles. The Morgan fingerprint density at radius 1 is 1.36 bits per heavy atom. The molecule has 2 heterocycles. The molecule has 0 saturated heterocycles. The number of fused-ring (bicyclic) bond motifs is 1. The maximum absolute atomic E-state index is 12.7. The zero-order chi connectivity index (χ0) is 18.0. The summed E-state index contributed by atoms with van der Waals surface area (Å²) in [6.45, 7) is 0.528. The lowest BCUT2D eigenvalue weighted by molar-refractivity contribution is -0.146. The Hall–Kier alpha value is -2.58. The van der Waals surface area contributed by atoms with Crippen molar-refractivity contribution in [1.82, 2.24) is 14.8 Å². The van der Waals surface area contributed by atoms with Crippen molar-refractivity contribution in [2.24, 2.45) is 5.92 Å². The molecule has 25 heavy (non-hydrogen) atoms. The summed E-state index contributed by atoms with van der Waals surface area (Å²) in [5.74, 6) is 0.727. The van der Waals surface area contributed by atoms with Gasteiger partial charge in [0.25, 0.3) is 0 Å². The van der Waals surface area contributed by atoms with Gasteiger partial charge in [0.05, 0.1) is 18.6 Å². The van der Waals surface area contributed by atoms with Crippen molar-refractivity contribution >= 4 is 5.97 Å². The first-order valence-corrected chi connectivity index (χ1v) is 7.67. The molecule has 0 spiro atoms. The van der Waals surface area contributed by atoms with Crippen molar-refractivity contribution in [3.8, 4) is 5.75 Å². The van der Waals surface area contributed by atoms with E-state index in [9.17, 15) is 18.0 Å². The topological polar surface area (TPSA) is 66.2 Å². The van der Waals surface area contributed by atoms with Crippen molar-refractivity contribution in [1.29, 1.82) is 0 Å². The number of nitrogens with zero attached hydrogens (tertiary/aromatic N) is 3. The number of carbonyl (C=O) groups is 1. The lowest BCUT2D eigenvalue weighted by atomic mass is 9.98. The van der Waals surface area contributed by atoms with E-state index in [0.29, 0.717) is 31.0 Å². The Balaban J connectivity index is 1.68. The van der Waals surface area contributed by atoms with Crippen molar-refractivity contribution in [2.45, 2.75) is 32.2 Å².